The number of rotatable bonds is 7. The molecule has 20 heavy (non-hydrogen) atoms. The number of hydrogen-bond donors (Lipinski definition) is 1. The zero-order valence-corrected chi connectivity index (χ0v) is 13.9. The van der Waals surface area contributed by atoms with Crippen LogP contribution in [0, 0.1) is 6.92 Å². The van der Waals surface area contributed by atoms with Crippen molar-refractivity contribution in [3.63, 3.8) is 0 Å². The van der Waals surface area contributed by atoms with E-state index in [0.29, 0.717) is 0 Å². The molecule has 0 radical (unpaired) electrons. The fraction of sp³-hybridized carbons (Fsp3) is 0.750. The normalized spacial score (nSPS) is 20.4. The molecule has 0 aliphatic carbocycles. The number of furan rings is 1. The summed E-state index contributed by atoms with van der Waals surface area (Å²) in [7, 11) is 0. The highest BCUT2D eigenvalue weighted by atomic mass is 32.2. The third-order valence-electron chi connectivity index (χ3n) is 3.84. The summed E-state index contributed by atoms with van der Waals surface area (Å²) in [6.07, 6.45) is 2.43. The van der Waals surface area contributed by atoms with Crippen molar-refractivity contribution in [3.05, 3.63) is 23.2 Å². The van der Waals surface area contributed by atoms with Crippen LogP contribution < -0.4 is 5.32 Å². The first-order valence-electron chi connectivity index (χ1n) is 7.85. The Balaban J connectivity index is 1.87. The van der Waals surface area contributed by atoms with Crippen LogP contribution in [-0.4, -0.2) is 35.5 Å². The van der Waals surface area contributed by atoms with Crippen molar-refractivity contribution < 1.29 is 4.42 Å². The van der Waals surface area contributed by atoms with E-state index < -0.39 is 0 Å². The fourth-order valence-corrected chi connectivity index (χ4v) is 3.86. The Morgan fingerprint density at radius 1 is 1.45 bits per heavy atom. The summed E-state index contributed by atoms with van der Waals surface area (Å²) >= 11 is 2.12. The average molecular weight is 296 g/mol. The zero-order chi connectivity index (χ0) is 14.4. The third-order valence-corrected chi connectivity index (χ3v) is 5.21. The molecule has 0 spiro atoms. The van der Waals surface area contributed by atoms with Crippen LogP contribution in [0.2, 0.25) is 0 Å². The standard InChI is InChI=1S/C16H28N2OS/c1-4-6-17-10-16-13(3)9-14(19-16)11-18-7-8-20-15(5-2)12-18/h9,15,17H,4-8,10-12H2,1-3H3. The molecule has 1 N–H and O–H groups in total. The molecule has 2 rings (SSSR count). The van der Waals surface area contributed by atoms with Gasteiger partial charge >= 0.3 is 0 Å². The van der Waals surface area contributed by atoms with Gasteiger partial charge in [0.05, 0.1) is 13.1 Å². The van der Waals surface area contributed by atoms with Crippen molar-refractivity contribution in [1.29, 1.82) is 0 Å². The molecule has 1 aromatic rings. The van der Waals surface area contributed by atoms with Crippen LogP contribution in [0.25, 0.3) is 0 Å². The Hall–Kier alpha value is -0.450. The van der Waals surface area contributed by atoms with E-state index in [1.165, 1.54) is 30.8 Å². The van der Waals surface area contributed by atoms with Crippen LogP contribution in [0.15, 0.2) is 10.5 Å². The second-order valence-corrected chi connectivity index (χ2v) is 7.04. The van der Waals surface area contributed by atoms with Gasteiger partial charge < -0.3 is 9.73 Å². The van der Waals surface area contributed by atoms with E-state index in [0.717, 1.165) is 42.8 Å². The van der Waals surface area contributed by atoms with Gasteiger partial charge in [-0.3, -0.25) is 4.90 Å². The number of thioether (sulfide) groups is 1. The van der Waals surface area contributed by atoms with Crippen LogP contribution in [0.3, 0.4) is 0 Å². The van der Waals surface area contributed by atoms with Gasteiger partial charge in [0.2, 0.25) is 0 Å². The molecule has 0 saturated carbocycles. The number of aryl methyl sites for hydroxylation is 1. The summed E-state index contributed by atoms with van der Waals surface area (Å²) < 4.78 is 6.02. The van der Waals surface area contributed by atoms with Crippen molar-refractivity contribution >= 4 is 11.8 Å². The predicted molar refractivity (Wildman–Crippen MR) is 87.3 cm³/mol. The Morgan fingerprint density at radius 3 is 3.05 bits per heavy atom. The second-order valence-electron chi connectivity index (χ2n) is 5.63. The summed E-state index contributed by atoms with van der Waals surface area (Å²) in [5, 5.41) is 4.21. The molecule has 114 valence electrons. The lowest BCUT2D eigenvalue weighted by Crippen LogP contribution is -2.36. The van der Waals surface area contributed by atoms with Crippen molar-refractivity contribution in [1.82, 2.24) is 10.2 Å². The molecule has 0 aromatic carbocycles. The first-order chi connectivity index (χ1) is 9.72. The highest BCUT2D eigenvalue weighted by Gasteiger charge is 2.20. The lowest BCUT2D eigenvalue weighted by molar-refractivity contribution is 0.247. The van der Waals surface area contributed by atoms with Crippen LogP contribution in [0.5, 0.6) is 0 Å². The van der Waals surface area contributed by atoms with Crippen LogP contribution >= 0.6 is 11.8 Å². The summed E-state index contributed by atoms with van der Waals surface area (Å²) in [6.45, 7) is 11.9. The van der Waals surface area contributed by atoms with Gasteiger partial charge in [-0.15, -0.1) is 0 Å². The van der Waals surface area contributed by atoms with Crippen molar-refractivity contribution in [2.75, 3.05) is 25.4 Å². The maximum Gasteiger partial charge on any atom is 0.120 e. The largest absolute Gasteiger partial charge is 0.463 e. The van der Waals surface area contributed by atoms with Gasteiger partial charge in [0.1, 0.15) is 11.5 Å². The monoisotopic (exact) mass is 296 g/mol. The highest BCUT2D eigenvalue weighted by molar-refractivity contribution is 8.00. The SMILES string of the molecule is CCCNCc1oc(CN2CCSC(CC)C2)cc1C. The fourth-order valence-electron chi connectivity index (χ4n) is 2.61. The van der Waals surface area contributed by atoms with E-state index in [2.05, 4.69) is 48.8 Å². The predicted octanol–water partition coefficient (Wildman–Crippen LogP) is 3.42. The lowest BCUT2D eigenvalue weighted by atomic mass is 10.2. The van der Waals surface area contributed by atoms with Gasteiger partial charge in [-0.2, -0.15) is 11.8 Å². The summed E-state index contributed by atoms with van der Waals surface area (Å²) in [5.41, 5.74) is 1.28. The van der Waals surface area contributed by atoms with Gasteiger partial charge in [0.25, 0.3) is 0 Å². The summed E-state index contributed by atoms with van der Waals surface area (Å²) in [6, 6.07) is 2.21. The maximum absolute atomic E-state index is 6.02. The van der Waals surface area contributed by atoms with E-state index in [1.807, 2.05) is 0 Å². The molecule has 1 atom stereocenters. The Bertz CT molecular complexity index is 405. The molecule has 1 aliphatic rings. The molecule has 2 heterocycles. The van der Waals surface area contributed by atoms with E-state index >= 15 is 0 Å². The van der Waals surface area contributed by atoms with Crippen molar-refractivity contribution in [2.24, 2.45) is 0 Å². The first kappa shape index (κ1) is 15.9. The van der Waals surface area contributed by atoms with E-state index in [9.17, 15) is 0 Å². The van der Waals surface area contributed by atoms with Gasteiger partial charge in [-0.1, -0.05) is 13.8 Å². The molecule has 0 amide bonds. The summed E-state index contributed by atoms with van der Waals surface area (Å²) in [4.78, 5) is 2.53. The minimum Gasteiger partial charge on any atom is -0.463 e. The van der Waals surface area contributed by atoms with Gasteiger partial charge in [0.15, 0.2) is 0 Å². The molecule has 1 saturated heterocycles. The second kappa shape index (κ2) is 8.11. The third kappa shape index (κ3) is 4.54. The molecule has 0 bridgehead atoms. The number of nitrogens with one attached hydrogen (secondary N) is 1. The maximum atomic E-state index is 6.02. The van der Waals surface area contributed by atoms with Gasteiger partial charge in [-0.05, 0) is 37.9 Å². The van der Waals surface area contributed by atoms with Crippen LogP contribution in [0.4, 0.5) is 0 Å². The van der Waals surface area contributed by atoms with E-state index in [-0.39, 0.29) is 0 Å². The Labute approximate surface area is 127 Å². The number of hydrogen-bond acceptors (Lipinski definition) is 4. The first-order valence-corrected chi connectivity index (χ1v) is 8.90. The number of nitrogens with zero attached hydrogens (tertiary/aromatic N) is 1. The molecule has 4 heteroatoms. The topological polar surface area (TPSA) is 28.4 Å². The van der Waals surface area contributed by atoms with Gasteiger partial charge in [0, 0.05) is 24.1 Å². The average Bonchev–Trinajstić information content (AvgIpc) is 2.79. The van der Waals surface area contributed by atoms with Crippen molar-refractivity contribution in [2.45, 2.75) is 52.0 Å². The smallest absolute Gasteiger partial charge is 0.120 e. The van der Waals surface area contributed by atoms with Crippen LogP contribution in [0.1, 0.15) is 43.8 Å². The molecule has 1 fully saturated rings. The quantitative estimate of drug-likeness (QED) is 0.781. The Kier molecular flexibility index (Phi) is 6.46. The molecule has 3 nitrogen and oxygen atoms in total. The minimum atomic E-state index is 0.797. The molecule has 1 unspecified atom stereocenters. The molecule has 1 aliphatic heterocycles. The van der Waals surface area contributed by atoms with Gasteiger partial charge in [-0.25, -0.2) is 0 Å². The molecule has 1 aromatic heterocycles. The zero-order valence-electron chi connectivity index (χ0n) is 13.1. The molecular formula is C16H28N2OS. The highest BCUT2D eigenvalue weighted by Crippen LogP contribution is 2.23. The summed E-state index contributed by atoms with van der Waals surface area (Å²) in [5.74, 6) is 3.48. The lowest BCUT2D eigenvalue weighted by Gasteiger charge is -2.31. The Morgan fingerprint density at radius 2 is 2.30 bits per heavy atom. The van der Waals surface area contributed by atoms with Crippen LogP contribution in [-0.2, 0) is 13.1 Å². The molecular weight excluding hydrogens is 268 g/mol. The minimum absolute atomic E-state index is 0.797. The van der Waals surface area contributed by atoms with E-state index in [1.54, 1.807) is 0 Å². The van der Waals surface area contributed by atoms with E-state index in [4.69, 9.17) is 4.42 Å². The van der Waals surface area contributed by atoms with Crippen molar-refractivity contribution in [3.8, 4) is 0 Å².